The van der Waals surface area contributed by atoms with Crippen LogP contribution in [0.2, 0.25) is 10.0 Å². The van der Waals surface area contributed by atoms with Gasteiger partial charge in [0.05, 0.1) is 16.1 Å². The van der Waals surface area contributed by atoms with Crippen LogP contribution in [0.5, 0.6) is 0 Å². The highest BCUT2D eigenvalue weighted by Crippen LogP contribution is 2.27. The van der Waals surface area contributed by atoms with Crippen molar-refractivity contribution in [2.24, 2.45) is 5.73 Å². The molecule has 0 fully saturated rings. The maximum absolute atomic E-state index is 13.1. The lowest BCUT2D eigenvalue weighted by Crippen LogP contribution is -2.34. The van der Waals surface area contributed by atoms with Gasteiger partial charge in [-0.1, -0.05) is 30.1 Å². The van der Waals surface area contributed by atoms with Gasteiger partial charge in [0.1, 0.15) is 0 Å². The molecule has 0 aliphatic heterocycles. The molecule has 0 unspecified atom stereocenters. The summed E-state index contributed by atoms with van der Waals surface area (Å²) in [7, 11) is 0. The molecule has 0 saturated heterocycles. The number of nitrogens with two attached hydrogens (primary N) is 1. The molecule has 0 bridgehead atoms. The molecule has 3 nitrogen and oxygen atoms in total. The molecule has 3 N–H and O–H groups in total. The summed E-state index contributed by atoms with van der Waals surface area (Å²) >= 11 is 11.1. The standard InChI is InChI=1S/C10H11Cl2FN2O/c1-2-8(14)10(16)15-5-3-6(11)9(13)7(12)4-5/h3-4,8H,2,14H2,1H3,(H,15,16)/t8-/m0/s1. The SMILES string of the molecule is CC[C@H](N)C(=O)Nc1cc(Cl)c(F)c(Cl)c1. The first-order chi connectivity index (χ1) is 7.45. The van der Waals surface area contributed by atoms with Crippen molar-refractivity contribution in [3.05, 3.63) is 28.0 Å². The van der Waals surface area contributed by atoms with E-state index >= 15 is 0 Å². The zero-order valence-electron chi connectivity index (χ0n) is 8.56. The van der Waals surface area contributed by atoms with Gasteiger partial charge in [0.2, 0.25) is 5.91 Å². The molecule has 0 radical (unpaired) electrons. The van der Waals surface area contributed by atoms with Crippen LogP contribution in [0, 0.1) is 5.82 Å². The monoisotopic (exact) mass is 264 g/mol. The van der Waals surface area contributed by atoms with Gasteiger partial charge in [0.25, 0.3) is 0 Å². The summed E-state index contributed by atoms with van der Waals surface area (Å²) in [5.41, 5.74) is 5.84. The number of benzene rings is 1. The molecule has 16 heavy (non-hydrogen) atoms. The van der Waals surface area contributed by atoms with Crippen molar-refractivity contribution in [3.63, 3.8) is 0 Å². The second-order valence-corrected chi connectivity index (χ2v) is 4.07. The number of anilines is 1. The van der Waals surface area contributed by atoms with Gasteiger partial charge in [-0.15, -0.1) is 0 Å². The maximum atomic E-state index is 13.1. The first-order valence-corrected chi connectivity index (χ1v) is 5.42. The minimum absolute atomic E-state index is 0.145. The van der Waals surface area contributed by atoms with Crippen molar-refractivity contribution in [2.45, 2.75) is 19.4 Å². The Balaban J connectivity index is 2.87. The predicted octanol–water partition coefficient (Wildman–Crippen LogP) is 2.81. The van der Waals surface area contributed by atoms with E-state index in [1.807, 2.05) is 0 Å². The van der Waals surface area contributed by atoms with Crippen LogP contribution in [-0.2, 0) is 4.79 Å². The van der Waals surface area contributed by atoms with E-state index in [0.717, 1.165) is 0 Å². The number of carbonyl (C=O) groups excluding carboxylic acids is 1. The average Bonchev–Trinajstić information content (AvgIpc) is 2.24. The third kappa shape index (κ3) is 3.07. The van der Waals surface area contributed by atoms with E-state index in [-0.39, 0.29) is 16.0 Å². The van der Waals surface area contributed by atoms with Gasteiger partial charge in [-0.2, -0.15) is 0 Å². The first kappa shape index (κ1) is 13.2. The van der Waals surface area contributed by atoms with Gasteiger partial charge >= 0.3 is 0 Å². The molecule has 0 aromatic heterocycles. The quantitative estimate of drug-likeness (QED) is 0.825. The minimum atomic E-state index is -0.707. The Morgan fingerprint density at radius 3 is 2.44 bits per heavy atom. The van der Waals surface area contributed by atoms with Crippen molar-refractivity contribution in [1.29, 1.82) is 0 Å². The zero-order chi connectivity index (χ0) is 12.3. The highest BCUT2D eigenvalue weighted by Gasteiger charge is 2.13. The fraction of sp³-hybridized carbons (Fsp3) is 0.300. The van der Waals surface area contributed by atoms with Gasteiger partial charge in [-0.25, -0.2) is 4.39 Å². The van der Waals surface area contributed by atoms with Crippen LogP contribution in [-0.4, -0.2) is 11.9 Å². The van der Waals surface area contributed by atoms with Crippen LogP contribution in [0.25, 0.3) is 0 Å². The van der Waals surface area contributed by atoms with Crippen LogP contribution in [0.1, 0.15) is 13.3 Å². The molecule has 0 heterocycles. The molecule has 0 aliphatic rings. The Labute approximate surface area is 103 Å². The Morgan fingerprint density at radius 1 is 1.50 bits per heavy atom. The number of amides is 1. The van der Waals surface area contributed by atoms with Gasteiger partial charge in [0.15, 0.2) is 5.82 Å². The molecule has 1 amide bonds. The van der Waals surface area contributed by atoms with Crippen molar-refractivity contribution in [3.8, 4) is 0 Å². The van der Waals surface area contributed by atoms with Crippen LogP contribution in [0.3, 0.4) is 0 Å². The highest BCUT2D eigenvalue weighted by molar-refractivity contribution is 6.35. The molecule has 0 saturated carbocycles. The Bertz CT molecular complexity index is 389. The Morgan fingerprint density at radius 2 is 2.00 bits per heavy atom. The summed E-state index contributed by atoms with van der Waals surface area (Å²) in [6, 6.07) is 1.95. The Kier molecular flexibility index (Phi) is 4.53. The molecule has 0 spiro atoms. The molecule has 1 aromatic carbocycles. The fourth-order valence-electron chi connectivity index (χ4n) is 1.05. The average molecular weight is 265 g/mol. The van der Waals surface area contributed by atoms with E-state index in [4.69, 9.17) is 28.9 Å². The molecular formula is C10H11Cl2FN2O. The molecule has 6 heteroatoms. The molecule has 1 atom stereocenters. The summed E-state index contributed by atoms with van der Waals surface area (Å²) in [5, 5.41) is 2.21. The third-order valence-electron chi connectivity index (χ3n) is 2.03. The summed E-state index contributed by atoms with van der Waals surface area (Å²) in [6.07, 6.45) is 0.508. The van der Waals surface area contributed by atoms with Gasteiger partial charge in [0, 0.05) is 5.69 Å². The third-order valence-corrected chi connectivity index (χ3v) is 2.58. The highest BCUT2D eigenvalue weighted by atomic mass is 35.5. The van der Waals surface area contributed by atoms with Gasteiger partial charge in [-0.05, 0) is 18.6 Å². The van der Waals surface area contributed by atoms with Crippen LogP contribution in [0.4, 0.5) is 10.1 Å². The van der Waals surface area contributed by atoms with Gasteiger partial charge < -0.3 is 11.1 Å². The van der Waals surface area contributed by atoms with E-state index in [1.54, 1.807) is 6.92 Å². The van der Waals surface area contributed by atoms with E-state index in [9.17, 15) is 9.18 Å². The topological polar surface area (TPSA) is 55.1 Å². The molecule has 1 rings (SSSR count). The number of hydrogen-bond donors (Lipinski definition) is 2. The van der Waals surface area contributed by atoms with Crippen molar-refractivity contribution >= 4 is 34.8 Å². The molecule has 1 aromatic rings. The van der Waals surface area contributed by atoms with Crippen molar-refractivity contribution in [2.75, 3.05) is 5.32 Å². The molecule has 88 valence electrons. The lowest BCUT2D eigenvalue weighted by molar-refractivity contribution is -0.117. The number of carbonyl (C=O) groups is 1. The number of halogens is 3. The fourth-order valence-corrected chi connectivity index (χ4v) is 1.54. The second-order valence-electron chi connectivity index (χ2n) is 3.26. The number of nitrogens with one attached hydrogen (secondary N) is 1. The summed E-state index contributed by atoms with van der Waals surface area (Å²) in [5.74, 6) is -1.07. The lowest BCUT2D eigenvalue weighted by Gasteiger charge is -2.10. The van der Waals surface area contributed by atoms with E-state index in [1.165, 1.54) is 12.1 Å². The van der Waals surface area contributed by atoms with Gasteiger partial charge in [-0.3, -0.25) is 4.79 Å². The Hall–Kier alpha value is -0.840. The van der Waals surface area contributed by atoms with Crippen LogP contribution >= 0.6 is 23.2 Å². The van der Waals surface area contributed by atoms with E-state index in [2.05, 4.69) is 5.32 Å². The van der Waals surface area contributed by atoms with Crippen LogP contribution < -0.4 is 11.1 Å². The second kappa shape index (κ2) is 5.48. The summed E-state index contributed by atoms with van der Waals surface area (Å²) in [4.78, 5) is 11.4. The largest absolute Gasteiger partial charge is 0.325 e. The zero-order valence-corrected chi connectivity index (χ0v) is 10.1. The summed E-state index contributed by atoms with van der Waals surface area (Å²) in [6.45, 7) is 1.79. The summed E-state index contributed by atoms with van der Waals surface area (Å²) < 4.78 is 13.1. The number of hydrogen-bond acceptors (Lipinski definition) is 2. The molecular weight excluding hydrogens is 254 g/mol. The van der Waals surface area contributed by atoms with E-state index in [0.29, 0.717) is 12.1 Å². The molecule has 0 aliphatic carbocycles. The van der Waals surface area contributed by atoms with Crippen molar-refractivity contribution < 1.29 is 9.18 Å². The van der Waals surface area contributed by atoms with Crippen molar-refractivity contribution in [1.82, 2.24) is 0 Å². The van der Waals surface area contributed by atoms with Crippen LogP contribution in [0.15, 0.2) is 12.1 Å². The number of rotatable bonds is 3. The minimum Gasteiger partial charge on any atom is -0.325 e. The lowest BCUT2D eigenvalue weighted by atomic mass is 10.2. The predicted molar refractivity (Wildman–Crippen MR) is 63.3 cm³/mol. The smallest absolute Gasteiger partial charge is 0.241 e. The maximum Gasteiger partial charge on any atom is 0.241 e. The normalized spacial score (nSPS) is 12.3. The van der Waals surface area contributed by atoms with E-state index < -0.39 is 11.9 Å². The first-order valence-electron chi connectivity index (χ1n) is 4.66.